The van der Waals surface area contributed by atoms with Crippen LogP contribution in [-0.2, 0) is 14.6 Å². The number of sulfone groups is 1. The molecule has 1 N–H and O–H groups in total. The molecule has 156 valence electrons. The van der Waals surface area contributed by atoms with Gasteiger partial charge in [0.25, 0.3) is 11.7 Å². The Labute approximate surface area is 175 Å². The van der Waals surface area contributed by atoms with Gasteiger partial charge < -0.3 is 5.32 Å². The number of benzene rings is 2. The number of hydrogen-bond donors (Lipinski definition) is 1. The Balaban J connectivity index is 1.79. The molecule has 0 fully saturated rings. The number of hydrogen-bond acceptors (Lipinski definition) is 5. The van der Waals surface area contributed by atoms with E-state index in [1.165, 1.54) is 12.1 Å². The summed E-state index contributed by atoms with van der Waals surface area (Å²) in [5.41, 5.74) is 2.83. The van der Waals surface area contributed by atoms with Crippen LogP contribution >= 0.6 is 0 Å². The van der Waals surface area contributed by atoms with Gasteiger partial charge in [-0.15, -0.1) is 0 Å². The molecule has 1 unspecified atom stereocenters. The van der Waals surface area contributed by atoms with Gasteiger partial charge in [-0.05, 0) is 50.6 Å². The fraction of sp³-hybridized carbons (Fsp3) is 0.227. The fourth-order valence-corrected chi connectivity index (χ4v) is 3.89. The highest BCUT2D eigenvalue weighted by Gasteiger charge is 2.26. The molecule has 8 heteroatoms. The van der Waals surface area contributed by atoms with Gasteiger partial charge in [0, 0.05) is 6.26 Å². The summed E-state index contributed by atoms with van der Waals surface area (Å²) in [6, 6.07) is 15.1. The van der Waals surface area contributed by atoms with E-state index in [0.29, 0.717) is 17.0 Å². The third kappa shape index (κ3) is 4.33. The summed E-state index contributed by atoms with van der Waals surface area (Å²) in [5, 5.41) is 7.09. The van der Waals surface area contributed by atoms with Crippen LogP contribution in [0, 0.1) is 13.8 Å². The molecule has 30 heavy (non-hydrogen) atoms. The summed E-state index contributed by atoms with van der Waals surface area (Å²) >= 11 is 0. The minimum Gasteiger partial charge on any atom is -0.343 e. The highest BCUT2D eigenvalue weighted by Crippen LogP contribution is 2.20. The Hall–Kier alpha value is -3.26. The van der Waals surface area contributed by atoms with Crippen LogP contribution in [0.5, 0.6) is 0 Å². The van der Waals surface area contributed by atoms with E-state index in [4.69, 9.17) is 0 Å². The first-order chi connectivity index (χ1) is 14.1. The van der Waals surface area contributed by atoms with Crippen LogP contribution in [0.15, 0.2) is 59.5 Å². The Morgan fingerprint density at radius 2 is 1.60 bits per heavy atom. The van der Waals surface area contributed by atoms with Crippen LogP contribution in [0.1, 0.15) is 40.3 Å². The number of aromatic nitrogens is 2. The number of ketones is 1. The van der Waals surface area contributed by atoms with Crippen molar-refractivity contribution in [2.45, 2.75) is 31.7 Å². The molecule has 0 saturated carbocycles. The number of amides is 1. The molecule has 0 aliphatic carbocycles. The highest BCUT2D eigenvalue weighted by atomic mass is 32.2. The lowest BCUT2D eigenvalue weighted by Gasteiger charge is -2.14. The molecule has 7 nitrogen and oxygen atoms in total. The normalized spacial score (nSPS) is 12.4. The molecule has 0 aliphatic rings. The fourth-order valence-electron chi connectivity index (χ4n) is 3.25. The first-order valence-electron chi connectivity index (χ1n) is 9.36. The van der Waals surface area contributed by atoms with Crippen molar-refractivity contribution in [3.63, 3.8) is 0 Å². The summed E-state index contributed by atoms with van der Waals surface area (Å²) in [6.07, 6.45) is 1.13. The second-order valence-corrected chi connectivity index (χ2v) is 9.17. The molecular formula is C22H23N3O4S. The van der Waals surface area contributed by atoms with E-state index in [0.717, 1.165) is 11.9 Å². The van der Waals surface area contributed by atoms with Gasteiger partial charge >= 0.3 is 0 Å². The molecule has 0 radical (unpaired) electrons. The van der Waals surface area contributed by atoms with Crippen LogP contribution in [0.2, 0.25) is 0 Å². The topological polar surface area (TPSA) is 98.1 Å². The number of carbonyl (C=O) groups is 2. The van der Waals surface area contributed by atoms with E-state index in [-0.39, 0.29) is 10.5 Å². The third-order valence-corrected chi connectivity index (χ3v) is 6.01. The summed E-state index contributed by atoms with van der Waals surface area (Å²) in [5.74, 6) is -1.40. The molecule has 1 amide bonds. The molecule has 0 aliphatic heterocycles. The summed E-state index contributed by atoms with van der Waals surface area (Å²) in [4.78, 5) is 25.6. The second-order valence-electron chi connectivity index (χ2n) is 7.16. The maximum absolute atomic E-state index is 12.8. The van der Waals surface area contributed by atoms with Crippen LogP contribution < -0.4 is 5.32 Å². The first kappa shape index (κ1) is 21.4. The second kappa shape index (κ2) is 8.23. The number of Topliss-reactive ketones (excluding diaryl/α,β-unsaturated/α-hetero) is 1. The van der Waals surface area contributed by atoms with Crippen LogP contribution in [0.25, 0.3) is 5.69 Å². The van der Waals surface area contributed by atoms with Gasteiger partial charge in [0.2, 0.25) is 0 Å². The number of para-hydroxylation sites is 1. The predicted octanol–water partition coefficient (Wildman–Crippen LogP) is 2.95. The Bertz CT molecular complexity index is 1200. The molecule has 3 aromatic rings. The van der Waals surface area contributed by atoms with E-state index in [2.05, 4.69) is 10.4 Å². The van der Waals surface area contributed by atoms with Crippen LogP contribution in [0.4, 0.5) is 0 Å². The minimum absolute atomic E-state index is 0.195. The number of aryl methyl sites for hydroxylation is 1. The van der Waals surface area contributed by atoms with Gasteiger partial charge in [0.1, 0.15) is 0 Å². The van der Waals surface area contributed by atoms with Crippen LogP contribution in [0.3, 0.4) is 0 Å². The third-order valence-electron chi connectivity index (χ3n) is 4.88. The van der Waals surface area contributed by atoms with Crippen molar-refractivity contribution in [3.05, 3.63) is 77.1 Å². The summed E-state index contributed by atoms with van der Waals surface area (Å²) in [7, 11) is -3.30. The largest absolute Gasteiger partial charge is 0.343 e. The molecule has 0 bridgehead atoms. The van der Waals surface area contributed by atoms with E-state index in [1.54, 1.807) is 37.6 Å². The van der Waals surface area contributed by atoms with Crippen LogP contribution in [-0.4, -0.2) is 36.1 Å². The molecule has 1 aromatic heterocycles. The van der Waals surface area contributed by atoms with Gasteiger partial charge in [-0.1, -0.05) is 30.3 Å². The van der Waals surface area contributed by atoms with E-state index in [9.17, 15) is 18.0 Å². The SMILES string of the molecule is Cc1nn(-c2ccccc2)c(C)c1C(=O)C(=O)NC(C)c1ccc(S(C)(=O)=O)cc1. The lowest BCUT2D eigenvalue weighted by molar-refractivity contribution is -0.117. The molecule has 0 saturated heterocycles. The van der Waals surface area contributed by atoms with Gasteiger partial charge in [0.15, 0.2) is 9.84 Å². The average molecular weight is 426 g/mol. The standard InChI is InChI=1S/C22H23N3O4S/c1-14(17-10-12-19(13-11-17)30(4,28)29)23-22(27)21(26)20-15(2)24-25(16(20)3)18-8-6-5-7-9-18/h5-14H,1-4H3,(H,23,27). The molecule has 1 heterocycles. The maximum atomic E-state index is 12.8. The zero-order valence-corrected chi connectivity index (χ0v) is 18.0. The molecular weight excluding hydrogens is 402 g/mol. The van der Waals surface area contributed by atoms with Crippen molar-refractivity contribution in [2.75, 3.05) is 6.26 Å². The molecule has 0 spiro atoms. The van der Waals surface area contributed by atoms with Crippen molar-refractivity contribution in [1.29, 1.82) is 0 Å². The number of nitrogens with zero attached hydrogens (tertiary/aromatic N) is 2. The predicted molar refractivity (Wildman–Crippen MR) is 113 cm³/mol. The van der Waals surface area contributed by atoms with Gasteiger partial charge in [0.05, 0.1) is 33.6 Å². The zero-order valence-electron chi connectivity index (χ0n) is 17.2. The minimum atomic E-state index is -3.30. The smallest absolute Gasteiger partial charge is 0.293 e. The lowest BCUT2D eigenvalue weighted by Crippen LogP contribution is -2.33. The van der Waals surface area contributed by atoms with Crippen molar-refractivity contribution >= 4 is 21.5 Å². The van der Waals surface area contributed by atoms with Gasteiger partial charge in [-0.25, -0.2) is 13.1 Å². The first-order valence-corrected chi connectivity index (χ1v) is 11.3. The van der Waals surface area contributed by atoms with Crippen molar-refractivity contribution in [2.24, 2.45) is 0 Å². The summed E-state index contributed by atoms with van der Waals surface area (Å²) < 4.78 is 24.8. The van der Waals surface area contributed by atoms with Crippen molar-refractivity contribution in [1.82, 2.24) is 15.1 Å². The van der Waals surface area contributed by atoms with Crippen molar-refractivity contribution in [3.8, 4) is 5.69 Å². The van der Waals surface area contributed by atoms with E-state index >= 15 is 0 Å². The molecule has 1 atom stereocenters. The Kier molecular flexibility index (Phi) is 5.89. The zero-order chi connectivity index (χ0) is 22.1. The summed E-state index contributed by atoms with van der Waals surface area (Å²) in [6.45, 7) is 5.18. The number of carbonyl (C=O) groups excluding carboxylic acids is 2. The number of nitrogens with one attached hydrogen (secondary N) is 1. The highest BCUT2D eigenvalue weighted by molar-refractivity contribution is 7.90. The van der Waals surface area contributed by atoms with E-state index in [1.807, 2.05) is 30.3 Å². The Morgan fingerprint density at radius 3 is 2.17 bits per heavy atom. The number of rotatable bonds is 6. The molecule has 2 aromatic carbocycles. The van der Waals surface area contributed by atoms with Gasteiger partial charge in [-0.2, -0.15) is 5.10 Å². The van der Waals surface area contributed by atoms with Crippen molar-refractivity contribution < 1.29 is 18.0 Å². The maximum Gasteiger partial charge on any atom is 0.293 e. The monoisotopic (exact) mass is 425 g/mol. The van der Waals surface area contributed by atoms with Gasteiger partial charge in [-0.3, -0.25) is 9.59 Å². The molecule has 3 rings (SSSR count). The Morgan fingerprint density at radius 1 is 1.00 bits per heavy atom. The lowest BCUT2D eigenvalue weighted by atomic mass is 10.1. The quantitative estimate of drug-likeness (QED) is 0.484. The van der Waals surface area contributed by atoms with E-state index < -0.39 is 27.6 Å². The average Bonchev–Trinajstić information content (AvgIpc) is 3.01.